The van der Waals surface area contributed by atoms with Crippen LogP contribution in [-0.2, 0) is 10.1 Å². The van der Waals surface area contributed by atoms with Gasteiger partial charge in [-0.15, -0.1) is 0 Å². The molecule has 0 atom stereocenters. The van der Waals surface area contributed by atoms with E-state index in [1.165, 1.54) is 24.3 Å². The number of nitrogens with zero attached hydrogens (tertiary/aromatic N) is 1. The van der Waals surface area contributed by atoms with Gasteiger partial charge in [-0.3, -0.25) is 4.55 Å². The molecule has 3 N–H and O–H groups in total. The average molecular weight is 586 g/mol. The van der Waals surface area contributed by atoms with E-state index in [1.54, 1.807) is 30.3 Å². The molecule has 0 saturated heterocycles. The van der Waals surface area contributed by atoms with E-state index in [1.807, 2.05) is 60.7 Å². The fraction of sp³-hybridized carbons (Fsp3) is 0. The van der Waals surface area contributed by atoms with Crippen LogP contribution >= 0.6 is 0 Å². The summed E-state index contributed by atoms with van der Waals surface area (Å²) in [5.74, 6) is -0.510. The Labute approximate surface area is 263 Å². The molecule has 0 bridgehead atoms. The molecule has 0 fully saturated rings. The van der Waals surface area contributed by atoms with Crippen LogP contribution in [0.5, 0.6) is 0 Å². The maximum Gasteiger partial charge on any atom is 1.00 e. The Hall–Kier alpha value is -4.25. The fourth-order valence-electron chi connectivity index (χ4n) is 4.73. The summed E-state index contributed by atoms with van der Waals surface area (Å²) >= 11 is 0. The summed E-state index contributed by atoms with van der Waals surface area (Å²) in [6.45, 7) is 0. The van der Waals surface area contributed by atoms with Crippen molar-refractivity contribution in [1.29, 1.82) is 0 Å². The van der Waals surface area contributed by atoms with E-state index in [9.17, 15) is 22.9 Å². The van der Waals surface area contributed by atoms with Crippen LogP contribution in [0.2, 0.25) is 0 Å². The molecular weight excluding hydrogens is 563 g/mol. The van der Waals surface area contributed by atoms with Crippen LogP contribution in [0, 0.1) is 0 Å². The molecule has 1 aliphatic carbocycles. The van der Waals surface area contributed by atoms with Gasteiger partial charge in [0.25, 0.3) is 10.1 Å². The molecule has 6 rings (SSSR count). The SMILES string of the molecule is O=C(O)c1ccccc1-c1c2ccc(=Nc3ccccc3)cc-2oc2cc(Nc3ccc(S(=O)(=O)O)cc3)ccc12.[Na+]. The van der Waals surface area contributed by atoms with Crippen molar-refractivity contribution in [3.8, 4) is 22.5 Å². The first-order valence-corrected chi connectivity index (χ1v) is 14.0. The molecule has 0 aromatic heterocycles. The van der Waals surface area contributed by atoms with E-state index >= 15 is 0 Å². The number of rotatable bonds is 6. The van der Waals surface area contributed by atoms with Gasteiger partial charge in [-0.2, -0.15) is 8.42 Å². The largest absolute Gasteiger partial charge is 1.00 e. The van der Waals surface area contributed by atoms with E-state index in [-0.39, 0.29) is 40.0 Å². The first-order chi connectivity index (χ1) is 19.8. The third-order valence-corrected chi connectivity index (χ3v) is 7.46. The van der Waals surface area contributed by atoms with Crippen LogP contribution in [0.3, 0.4) is 0 Å². The summed E-state index contributed by atoms with van der Waals surface area (Å²) in [5.41, 5.74) is 4.72. The Morgan fingerprint density at radius 2 is 1.45 bits per heavy atom. The number of fused-ring (bicyclic) bond motifs is 2. The Kier molecular flexibility index (Phi) is 8.31. The van der Waals surface area contributed by atoms with Crippen molar-refractivity contribution in [3.05, 3.63) is 126 Å². The Bertz CT molecular complexity index is 2080. The van der Waals surface area contributed by atoms with Crippen molar-refractivity contribution >= 4 is 44.1 Å². The summed E-state index contributed by atoms with van der Waals surface area (Å²) in [7, 11) is -4.30. The minimum Gasteiger partial charge on any atom is -0.478 e. The quantitative estimate of drug-likeness (QED) is 0.152. The van der Waals surface area contributed by atoms with Gasteiger partial charge in [0.15, 0.2) is 0 Å². The summed E-state index contributed by atoms with van der Waals surface area (Å²) in [5, 5.41) is 14.6. The van der Waals surface area contributed by atoms with Gasteiger partial charge in [0, 0.05) is 40.0 Å². The van der Waals surface area contributed by atoms with E-state index in [0.717, 1.165) is 16.8 Å². The average Bonchev–Trinajstić information content (AvgIpc) is 2.96. The Balaban J connectivity index is 0.00000353. The van der Waals surface area contributed by atoms with E-state index < -0.39 is 16.1 Å². The number of carboxylic acids is 1. The molecule has 0 radical (unpaired) electrons. The number of carbonyl (C=O) groups is 1. The smallest absolute Gasteiger partial charge is 0.478 e. The molecule has 10 heteroatoms. The van der Waals surface area contributed by atoms with Crippen LogP contribution in [0.4, 0.5) is 17.1 Å². The van der Waals surface area contributed by atoms with Crippen LogP contribution in [0.1, 0.15) is 10.4 Å². The zero-order valence-electron chi connectivity index (χ0n) is 22.4. The molecule has 0 unspecified atom stereocenters. The van der Waals surface area contributed by atoms with Crippen LogP contribution in [-0.4, -0.2) is 24.0 Å². The number of para-hydroxylation sites is 1. The van der Waals surface area contributed by atoms with Gasteiger partial charge in [0.05, 0.1) is 21.5 Å². The second-order valence-electron chi connectivity index (χ2n) is 9.29. The summed E-state index contributed by atoms with van der Waals surface area (Å²) in [6, 6.07) is 33.1. The van der Waals surface area contributed by atoms with E-state index in [0.29, 0.717) is 39.0 Å². The van der Waals surface area contributed by atoms with E-state index in [4.69, 9.17) is 9.41 Å². The molecule has 2 aliphatic rings. The molecule has 4 aromatic carbocycles. The number of carboxylic acid groups (broad SMARTS) is 1. The van der Waals surface area contributed by atoms with Crippen molar-refractivity contribution in [2.75, 3.05) is 5.32 Å². The summed E-state index contributed by atoms with van der Waals surface area (Å²) < 4.78 is 38.4. The van der Waals surface area contributed by atoms with Crippen molar-refractivity contribution in [2.45, 2.75) is 4.90 Å². The summed E-state index contributed by atoms with van der Waals surface area (Å²) in [4.78, 5) is 16.6. The molecule has 0 spiro atoms. The normalized spacial score (nSPS) is 11.8. The molecule has 42 heavy (non-hydrogen) atoms. The third-order valence-electron chi connectivity index (χ3n) is 6.59. The fourth-order valence-corrected chi connectivity index (χ4v) is 5.21. The molecule has 8 nitrogen and oxygen atoms in total. The monoisotopic (exact) mass is 585 g/mol. The van der Waals surface area contributed by atoms with Crippen molar-refractivity contribution in [1.82, 2.24) is 0 Å². The second kappa shape index (κ2) is 11.9. The van der Waals surface area contributed by atoms with Crippen LogP contribution in [0.15, 0.2) is 130 Å². The van der Waals surface area contributed by atoms with Crippen LogP contribution in [0.25, 0.3) is 33.4 Å². The maximum atomic E-state index is 12.2. The zero-order valence-corrected chi connectivity index (χ0v) is 25.2. The van der Waals surface area contributed by atoms with Gasteiger partial charge in [0.1, 0.15) is 11.3 Å². The molecule has 0 saturated carbocycles. The first-order valence-electron chi connectivity index (χ1n) is 12.5. The second-order valence-corrected chi connectivity index (χ2v) is 10.7. The number of anilines is 2. The molecular formula is C32H22N2NaO6S+. The number of benzene rings is 5. The molecule has 1 heterocycles. The van der Waals surface area contributed by atoms with Crippen LogP contribution < -0.4 is 40.2 Å². The topological polar surface area (TPSA) is 129 Å². The Morgan fingerprint density at radius 3 is 2.17 bits per heavy atom. The minimum absolute atomic E-state index is 0. The molecule has 202 valence electrons. The standard InChI is InChI=1S/C32H22N2O6S.Na/c35-32(36)26-9-5-4-8-25(26)31-27-16-12-22(33-20-6-2-1-3-7-20)18-29(27)40-30-19-23(13-17-28(30)31)34-21-10-14-24(15-11-21)41(37,38)39;/h1-19,34H,(H,35,36)(H,37,38,39);/q;+1. The van der Waals surface area contributed by atoms with Gasteiger partial charge in [-0.25, -0.2) is 9.79 Å². The molecule has 0 amide bonds. The van der Waals surface area contributed by atoms with Gasteiger partial charge >= 0.3 is 35.5 Å². The predicted molar refractivity (Wildman–Crippen MR) is 156 cm³/mol. The summed E-state index contributed by atoms with van der Waals surface area (Å²) in [6.07, 6.45) is 0. The zero-order chi connectivity index (χ0) is 28.6. The first kappa shape index (κ1) is 29.2. The molecule has 1 aliphatic heterocycles. The minimum atomic E-state index is -4.30. The number of aromatic carboxylic acids is 1. The van der Waals surface area contributed by atoms with Crippen molar-refractivity contribution in [2.24, 2.45) is 4.99 Å². The van der Waals surface area contributed by atoms with Gasteiger partial charge in [0.2, 0.25) is 0 Å². The maximum absolute atomic E-state index is 12.2. The third kappa shape index (κ3) is 6.01. The Morgan fingerprint density at radius 1 is 0.762 bits per heavy atom. The van der Waals surface area contributed by atoms with E-state index in [2.05, 4.69) is 5.32 Å². The number of hydrogen-bond acceptors (Lipinski definition) is 6. The molecule has 4 aromatic rings. The van der Waals surface area contributed by atoms with Gasteiger partial charge in [-0.05, 0) is 72.3 Å². The number of nitrogens with one attached hydrogen (secondary N) is 1. The predicted octanol–water partition coefficient (Wildman–Crippen LogP) is 4.13. The van der Waals surface area contributed by atoms with Gasteiger partial charge in [-0.1, -0.05) is 36.4 Å². The van der Waals surface area contributed by atoms with Crippen molar-refractivity contribution < 1.29 is 56.8 Å². The van der Waals surface area contributed by atoms with Crippen molar-refractivity contribution in [3.63, 3.8) is 0 Å². The van der Waals surface area contributed by atoms with Gasteiger partial charge < -0.3 is 14.8 Å². The number of hydrogen-bond donors (Lipinski definition) is 3.